The number of piperidine rings is 1. The van der Waals surface area contributed by atoms with Gasteiger partial charge in [0, 0.05) is 6.07 Å². The molecule has 2 rings (SSSR count). The van der Waals surface area contributed by atoms with Crippen molar-refractivity contribution in [2.45, 2.75) is 19.3 Å². The highest BCUT2D eigenvalue weighted by molar-refractivity contribution is 5.18. The van der Waals surface area contributed by atoms with Gasteiger partial charge in [0.15, 0.2) is 0 Å². The molecule has 1 nitrogen and oxygen atoms in total. The average molecular weight is 211 g/mol. The Balaban J connectivity index is 2.02. The molecule has 0 spiro atoms. The smallest absolute Gasteiger partial charge is 0.126 e. The molecule has 0 amide bonds. The molecule has 0 unspecified atom stereocenters. The van der Waals surface area contributed by atoms with Gasteiger partial charge in [0.25, 0.3) is 0 Å². The van der Waals surface area contributed by atoms with Crippen LogP contribution >= 0.6 is 0 Å². The van der Waals surface area contributed by atoms with Crippen molar-refractivity contribution in [1.29, 1.82) is 0 Å². The molecule has 1 atom stereocenters. The van der Waals surface area contributed by atoms with Gasteiger partial charge in [-0.15, -0.1) is 0 Å². The summed E-state index contributed by atoms with van der Waals surface area (Å²) < 4.78 is 25.9. The van der Waals surface area contributed by atoms with Crippen molar-refractivity contribution in [3.8, 4) is 0 Å². The van der Waals surface area contributed by atoms with Gasteiger partial charge >= 0.3 is 0 Å². The number of halogens is 2. The number of nitrogens with one attached hydrogen (secondary N) is 1. The van der Waals surface area contributed by atoms with Crippen molar-refractivity contribution in [1.82, 2.24) is 5.32 Å². The lowest BCUT2D eigenvalue weighted by Gasteiger charge is -2.22. The van der Waals surface area contributed by atoms with Crippen LogP contribution in [0.5, 0.6) is 0 Å². The minimum absolute atomic E-state index is 0.478. The molecule has 82 valence electrons. The third-order valence-corrected chi connectivity index (χ3v) is 2.85. The van der Waals surface area contributed by atoms with Gasteiger partial charge in [0.1, 0.15) is 11.6 Å². The third-order valence-electron chi connectivity index (χ3n) is 2.85. The standard InChI is InChI=1S/C12H15F2N/c13-11-5-10(6-12(14)7-11)4-9-2-1-3-15-8-9/h5-7,9,15H,1-4,8H2/t9-/m0/s1. The zero-order valence-electron chi connectivity index (χ0n) is 8.60. The summed E-state index contributed by atoms with van der Waals surface area (Å²) in [6, 6.07) is 3.78. The van der Waals surface area contributed by atoms with Crippen LogP contribution in [0, 0.1) is 17.6 Å². The zero-order valence-corrected chi connectivity index (χ0v) is 8.60. The molecule has 1 saturated heterocycles. The monoisotopic (exact) mass is 211 g/mol. The van der Waals surface area contributed by atoms with Crippen LogP contribution in [0.15, 0.2) is 18.2 Å². The van der Waals surface area contributed by atoms with Gasteiger partial charge in [-0.1, -0.05) is 0 Å². The van der Waals surface area contributed by atoms with Crippen LogP contribution < -0.4 is 5.32 Å². The van der Waals surface area contributed by atoms with Crippen LogP contribution in [-0.2, 0) is 6.42 Å². The molecule has 0 bridgehead atoms. The van der Waals surface area contributed by atoms with Crippen LogP contribution in [-0.4, -0.2) is 13.1 Å². The summed E-state index contributed by atoms with van der Waals surface area (Å²) in [4.78, 5) is 0. The molecule has 1 heterocycles. The van der Waals surface area contributed by atoms with E-state index >= 15 is 0 Å². The van der Waals surface area contributed by atoms with Crippen LogP contribution in [0.2, 0.25) is 0 Å². The van der Waals surface area contributed by atoms with E-state index in [2.05, 4.69) is 5.32 Å². The minimum Gasteiger partial charge on any atom is -0.316 e. The number of benzene rings is 1. The van der Waals surface area contributed by atoms with Crippen molar-refractivity contribution < 1.29 is 8.78 Å². The summed E-state index contributed by atoms with van der Waals surface area (Å²) in [5.74, 6) is -0.442. The molecule has 1 aliphatic rings. The van der Waals surface area contributed by atoms with Crippen molar-refractivity contribution in [3.63, 3.8) is 0 Å². The molecule has 0 saturated carbocycles. The van der Waals surface area contributed by atoms with E-state index in [4.69, 9.17) is 0 Å². The van der Waals surface area contributed by atoms with E-state index in [0.717, 1.165) is 44.0 Å². The van der Waals surface area contributed by atoms with E-state index in [1.54, 1.807) is 0 Å². The second-order valence-corrected chi connectivity index (χ2v) is 4.19. The van der Waals surface area contributed by atoms with Crippen LogP contribution in [0.1, 0.15) is 18.4 Å². The van der Waals surface area contributed by atoms with Gasteiger partial charge in [-0.05, 0) is 56.0 Å². The third kappa shape index (κ3) is 2.99. The van der Waals surface area contributed by atoms with Crippen molar-refractivity contribution in [2.75, 3.05) is 13.1 Å². The Morgan fingerprint density at radius 2 is 1.93 bits per heavy atom. The highest BCUT2D eigenvalue weighted by Gasteiger charge is 2.14. The number of hydrogen-bond donors (Lipinski definition) is 1. The highest BCUT2D eigenvalue weighted by atomic mass is 19.1. The Kier molecular flexibility index (Phi) is 3.31. The Morgan fingerprint density at radius 3 is 2.53 bits per heavy atom. The second kappa shape index (κ2) is 4.71. The lowest BCUT2D eigenvalue weighted by atomic mass is 9.92. The fraction of sp³-hybridized carbons (Fsp3) is 0.500. The molecule has 1 fully saturated rings. The first kappa shape index (κ1) is 10.6. The van der Waals surface area contributed by atoms with E-state index in [-0.39, 0.29) is 0 Å². The highest BCUT2D eigenvalue weighted by Crippen LogP contribution is 2.17. The molecule has 1 aromatic carbocycles. The summed E-state index contributed by atoms with van der Waals surface area (Å²) in [7, 11) is 0. The molecular weight excluding hydrogens is 196 g/mol. The molecule has 0 aliphatic carbocycles. The predicted octanol–water partition coefficient (Wildman–Crippen LogP) is 2.51. The topological polar surface area (TPSA) is 12.0 Å². The fourth-order valence-corrected chi connectivity index (χ4v) is 2.16. The maximum Gasteiger partial charge on any atom is 0.126 e. The summed E-state index contributed by atoms with van der Waals surface area (Å²) >= 11 is 0. The largest absolute Gasteiger partial charge is 0.316 e. The van der Waals surface area contributed by atoms with Gasteiger partial charge in [0.05, 0.1) is 0 Å². The Bertz CT molecular complexity index is 312. The lowest BCUT2D eigenvalue weighted by molar-refractivity contribution is 0.375. The van der Waals surface area contributed by atoms with Crippen LogP contribution in [0.4, 0.5) is 8.78 Å². The predicted molar refractivity (Wildman–Crippen MR) is 55.7 cm³/mol. The van der Waals surface area contributed by atoms with E-state index < -0.39 is 11.6 Å². The van der Waals surface area contributed by atoms with Crippen molar-refractivity contribution in [3.05, 3.63) is 35.4 Å². The normalized spacial score (nSPS) is 21.6. The molecule has 0 aromatic heterocycles. The summed E-state index contributed by atoms with van der Waals surface area (Å²) in [6.07, 6.45) is 3.06. The summed E-state index contributed by atoms with van der Waals surface area (Å²) in [5.41, 5.74) is 0.765. The van der Waals surface area contributed by atoms with Gasteiger partial charge < -0.3 is 5.32 Å². The molecule has 0 radical (unpaired) electrons. The summed E-state index contributed by atoms with van der Waals surface area (Å²) in [5, 5.41) is 3.30. The Labute approximate surface area is 88.5 Å². The molecule has 3 heteroatoms. The molecule has 15 heavy (non-hydrogen) atoms. The van der Waals surface area contributed by atoms with Gasteiger partial charge in [-0.2, -0.15) is 0 Å². The van der Waals surface area contributed by atoms with E-state index in [9.17, 15) is 8.78 Å². The second-order valence-electron chi connectivity index (χ2n) is 4.19. The lowest BCUT2D eigenvalue weighted by Crippen LogP contribution is -2.30. The fourth-order valence-electron chi connectivity index (χ4n) is 2.16. The number of hydrogen-bond acceptors (Lipinski definition) is 1. The van der Waals surface area contributed by atoms with E-state index in [0.29, 0.717) is 5.92 Å². The van der Waals surface area contributed by atoms with Crippen LogP contribution in [0.25, 0.3) is 0 Å². The molecular formula is C12H15F2N. The first-order chi connectivity index (χ1) is 7.24. The first-order valence-electron chi connectivity index (χ1n) is 5.40. The first-order valence-corrected chi connectivity index (χ1v) is 5.40. The maximum absolute atomic E-state index is 12.9. The quantitative estimate of drug-likeness (QED) is 0.792. The maximum atomic E-state index is 12.9. The SMILES string of the molecule is Fc1cc(F)cc(C[C@@H]2CCCNC2)c1. The van der Waals surface area contributed by atoms with E-state index in [1.807, 2.05) is 0 Å². The Morgan fingerprint density at radius 1 is 1.20 bits per heavy atom. The number of rotatable bonds is 2. The Hall–Kier alpha value is -0.960. The molecule has 1 aromatic rings. The summed E-state index contributed by atoms with van der Waals surface area (Å²) in [6.45, 7) is 2.02. The zero-order chi connectivity index (χ0) is 10.7. The van der Waals surface area contributed by atoms with Gasteiger partial charge in [-0.25, -0.2) is 8.78 Å². The van der Waals surface area contributed by atoms with Crippen molar-refractivity contribution in [2.24, 2.45) is 5.92 Å². The average Bonchev–Trinajstić information content (AvgIpc) is 2.17. The minimum atomic E-state index is -0.478. The molecule has 1 aliphatic heterocycles. The molecule has 1 N–H and O–H groups in total. The van der Waals surface area contributed by atoms with Crippen LogP contribution in [0.3, 0.4) is 0 Å². The van der Waals surface area contributed by atoms with E-state index in [1.165, 1.54) is 12.1 Å². The van der Waals surface area contributed by atoms with Gasteiger partial charge in [-0.3, -0.25) is 0 Å². The van der Waals surface area contributed by atoms with Crippen molar-refractivity contribution >= 4 is 0 Å². The van der Waals surface area contributed by atoms with Gasteiger partial charge in [0.2, 0.25) is 0 Å².